The lowest BCUT2D eigenvalue weighted by Crippen LogP contribution is -2.36. The van der Waals surface area contributed by atoms with Crippen molar-refractivity contribution in [2.24, 2.45) is 5.92 Å². The second kappa shape index (κ2) is 11.4. The standard InChI is InChI=1S/C27H35N3O4/c1-3-4-13-30-25(31)18-24(26(30)21-7-11-23(33-2)12-8-21)27(32)28-19-20-5-9-22(10-6-20)29-14-16-34-17-15-29/h5-12,24,26H,3-4,13-19H2,1-2H3,(H,28,32). The van der Waals surface area contributed by atoms with E-state index in [1.54, 1.807) is 7.11 Å². The Labute approximate surface area is 202 Å². The molecule has 2 aliphatic rings. The number of hydrogen-bond acceptors (Lipinski definition) is 5. The topological polar surface area (TPSA) is 71.1 Å². The van der Waals surface area contributed by atoms with Gasteiger partial charge in [0.15, 0.2) is 0 Å². The zero-order valence-corrected chi connectivity index (χ0v) is 20.2. The highest BCUT2D eigenvalue weighted by molar-refractivity contribution is 5.90. The maximum absolute atomic E-state index is 13.3. The molecule has 4 rings (SSSR count). The van der Waals surface area contributed by atoms with Gasteiger partial charge in [-0.3, -0.25) is 9.59 Å². The molecule has 2 amide bonds. The second-order valence-corrected chi connectivity index (χ2v) is 8.95. The fraction of sp³-hybridized carbons (Fsp3) is 0.481. The van der Waals surface area contributed by atoms with Crippen molar-refractivity contribution in [3.05, 3.63) is 59.7 Å². The minimum Gasteiger partial charge on any atom is -0.497 e. The van der Waals surface area contributed by atoms with Gasteiger partial charge in [-0.05, 0) is 41.8 Å². The Morgan fingerprint density at radius 3 is 2.44 bits per heavy atom. The smallest absolute Gasteiger partial charge is 0.226 e. The largest absolute Gasteiger partial charge is 0.497 e. The molecule has 2 aliphatic heterocycles. The van der Waals surface area contributed by atoms with Gasteiger partial charge in [-0.15, -0.1) is 0 Å². The summed E-state index contributed by atoms with van der Waals surface area (Å²) in [6.07, 6.45) is 2.15. The average Bonchev–Trinajstić information content (AvgIpc) is 3.22. The maximum Gasteiger partial charge on any atom is 0.226 e. The molecule has 0 aromatic heterocycles. The van der Waals surface area contributed by atoms with Crippen LogP contribution < -0.4 is 15.0 Å². The van der Waals surface area contributed by atoms with E-state index in [1.165, 1.54) is 5.69 Å². The lowest BCUT2D eigenvalue weighted by atomic mass is 9.92. The molecule has 2 aromatic rings. The van der Waals surface area contributed by atoms with E-state index < -0.39 is 5.92 Å². The van der Waals surface area contributed by atoms with Crippen LogP contribution in [0.4, 0.5) is 5.69 Å². The van der Waals surface area contributed by atoms with Gasteiger partial charge in [0.05, 0.1) is 32.3 Å². The van der Waals surface area contributed by atoms with Gasteiger partial charge < -0.3 is 24.6 Å². The molecular formula is C27H35N3O4. The summed E-state index contributed by atoms with van der Waals surface area (Å²) in [5.74, 6) is 0.315. The summed E-state index contributed by atoms with van der Waals surface area (Å²) in [6, 6.07) is 15.8. The van der Waals surface area contributed by atoms with Crippen molar-refractivity contribution in [2.75, 3.05) is 44.9 Å². The number of carbonyl (C=O) groups is 2. The Kier molecular flexibility index (Phi) is 8.06. The molecule has 2 atom stereocenters. The van der Waals surface area contributed by atoms with Crippen LogP contribution in [0.5, 0.6) is 5.75 Å². The van der Waals surface area contributed by atoms with E-state index in [-0.39, 0.29) is 24.3 Å². The van der Waals surface area contributed by atoms with E-state index in [9.17, 15) is 9.59 Å². The van der Waals surface area contributed by atoms with Crippen LogP contribution in [0.1, 0.15) is 43.4 Å². The Hall–Kier alpha value is -3.06. The summed E-state index contributed by atoms with van der Waals surface area (Å²) in [7, 11) is 1.63. The van der Waals surface area contributed by atoms with E-state index in [4.69, 9.17) is 9.47 Å². The predicted octanol–water partition coefficient (Wildman–Crippen LogP) is 3.54. The highest BCUT2D eigenvalue weighted by Gasteiger charge is 2.44. The molecule has 2 unspecified atom stereocenters. The number of amides is 2. The maximum atomic E-state index is 13.3. The number of carbonyl (C=O) groups excluding carboxylic acids is 2. The number of nitrogens with zero attached hydrogens (tertiary/aromatic N) is 2. The van der Waals surface area contributed by atoms with Crippen molar-refractivity contribution in [1.29, 1.82) is 0 Å². The molecule has 2 heterocycles. The van der Waals surface area contributed by atoms with Crippen LogP contribution in [0.2, 0.25) is 0 Å². The summed E-state index contributed by atoms with van der Waals surface area (Å²) in [5.41, 5.74) is 3.18. The van der Waals surface area contributed by atoms with E-state index in [2.05, 4.69) is 41.4 Å². The average molecular weight is 466 g/mol. The molecule has 7 nitrogen and oxygen atoms in total. The molecule has 7 heteroatoms. The fourth-order valence-corrected chi connectivity index (χ4v) is 4.80. The summed E-state index contributed by atoms with van der Waals surface area (Å²) in [6.45, 7) is 6.51. The van der Waals surface area contributed by atoms with Crippen molar-refractivity contribution in [1.82, 2.24) is 10.2 Å². The van der Waals surface area contributed by atoms with Gasteiger partial charge in [-0.25, -0.2) is 0 Å². The van der Waals surface area contributed by atoms with Gasteiger partial charge in [0.25, 0.3) is 0 Å². The van der Waals surface area contributed by atoms with Crippen LogP contribution in [-0.4, -0.2) is 56.7 Å². The van der Waals surface area contributed by atoms with E-state index in [0.29, 0.717) is 13.1 Å². The number of morpholine rings is 1. The molecule has 0 radical (unpaired) electrons. The number of rotatable bonds is 9. The molecule has 34 heavy (non-hydrogen) atoms. The van der Waals surface area contributed by atoms with Crippen LogP contribution in [0.25, 0.3) is 0 Å². The highest BCUT2D eigenvalue weighted by Crippen LogP contribution is 2.39. The van der Waals surface area contributed by atoms with Crippen molar-refractivity contribution in [3.8, 4) is 5.75 Å². The number of unbranched alkanes of at least 4 members (excludes halogenated alkanes) is 1. The van der Waals surface area contributed by atoms with Gasteiger partial charge in [0, 0.05) is 38.3 Å². The van der Waals surface area contributed by atoms with Gasteiger partial charge in [-0.2, -0.15) is 0 Å². The van der Waals surface area contributed by atoms with Crippen molar-refractivity contribution in [3.63, 3.8) is 0 Å². The molecule has 2 fully saturated rings. The molecule has 182 valence electrons. The Morgan fingerprint density at radius 1 is 1.09 bits per heavy atom. The molecule has 2 saturated heterocycles. The van der Waals surface area contributed by atoms with Gasteiger partial charge in [0.2, 0.25) is 11.8 Å². The van der Waals surface area contributed by atoms with Crippen LogP contribution in [0.15, 0.2) is 48.5 Å². The van der Waals surface area contributed by atoms with Crippen LogP contribution in [0, 0.1) is 5.92 Å². The lowest BCUT2D eigenvalue weighted by molar-refractivity contribution is -0.129. The normalized spacial score (nSPS) is 20.5. The third kappa shape index (κ3) is 5.53. The highest BCUT2D eigenvalue weighted by atomic mass is 16.5. The van der Waals surface area contributed by atoms with Gasteiger partial charge in [0.1, 0.15) is 5.75 Å². The number of hydrogen-bond donors (Lipinski definition) is 1. The predicted molar refractivity (Wildman–Crippen MR) is 132 cm³/mol. The number of methoxy groups -OCH3 is 1. The first-order valence-electron chi connectivity index (χ1n) is 12.2. The quantitative estimate of drug-likeness (QED) is 0.613. The molecule has 0 bridgehead atoms. The minimum atomic E-state index is -0.412. The summed E-state index contributed by atoms with van der Waals surface area (Å²) in [4.78, 5) is 30.3. The van der Waals surface area contributed by atoms with Crippen molar-refractivity contribution in [2.45, 2.75) is 38.8 Å². The van der Waals surface area contributed by atoms with E-state index in [1.807, 2.05) is 29.2 Å². The molecule has 0 spiro atoms. The van der Waals surface area contributed by atoms with Crippen LogP contribution in [0.3, 0.4) is 0 Å². The SMILES string of the molecule is CCCCN1C(=O)CC(C(=O)NCc2ccc(N3CCOCC3)cc2)C1c1ccc(OC)cc1. The molecular weight excluding hydrogens is 430 g/mol. The van der Waals surface area contributed by atoms with Crippen molar-refractivity contribution >= 4 is 17.5 Å². The lowest BCUT2D eigenvalue weighted by Gasteiger charge is -2.29. The summed E-state index contributed by atoms with van der Waals surface area (Å²) in [5, 5.41) is 3.08. The van der Waals surface area contributed by atoms with Crippen LogP contribution >= 0.6 is 0 Å². The zero-order chi connectivity index (χ0) is 23.9. The first-order chi connectivity index (χ1) is 16.6. The van der Waals surface area contributed by atoms with Crippen LogP contribution in [-0.2, 0) is 20.9 Å². The first kappa shape index (κ1) is 24.1. The Bertz CT molecular complexity index is 955. The summed E-state index contributed by atoms with van der Waals surface area (Å²) < 4.78 is 10.7. The first-order valence-corrected chi connectivity index (χ1v) is 12.2. The number of nitrogens with one attached hydrogen (secondary N) is 1. The summed E-state index contributed by atoms with van der Waals surface area (Å²) >= 11 is 0. The minimum absolute atomic E-state index is 0.0456. The fourth-order valence-electron chi connectivity index (χ4n) is 4.80. The zero-order valence-electron chi connectivity index (χ0n) is 20.2. The monoisotopic (exact) mass is 465 g/mol. The number of likely N-dealkylation sites (tertiary alicyclic amines) is 1. The molecule has 0 saturated carbocycles. The number of ether oxygens (including phenoxy) is 2. The van der Waals surface area contributed by atoms with Crippen molar-refractivity contribution < 1.29 is 19.1 Å². The molecule has 1 N–H and O–H groups in total. The van der Waals surface area contributed by atoms with Gasteiger partial charge in [-0.1, -0.05) is 37.6 Å². The Morgan fingerprint density at radius 2 is 1.79 bits per heavy atom. The Balaban J connectivity index is 1.43. The van der Waals surface area contributed by atoms with E-state index in [0.717, 1.165) is 56.0 Å². The number of anilines is 1. The number of benzene rings is 2. The molecule has 2 aromatic carbocycles. The van der Waals surface area contributed by atoms with Gasteiger partial charge >= 0.3 is 0 Å². The van der Waals surface area contributed by atoms with E-state index >= 15 is 0 Å². The molecule has 0 aliphatic carbocycles. The third-order valence-electron chi connectivity index (χ3n) is 6.76. The second-order valence-electron chi connectivity index (χ2n) is 8.95. The third-order valence-corrected chi connectivity index (χ3v) is 6.76.